The summed E-state index contributed by atoms with van der Waals surface area (Å²) in [5.74, 6) is 3.89. The number of hydrazine groups is 1. The summed E-state index contributed by atoms with van der Waals surface area (Å²) in [5, 5.41) is 2.23. The number of carbonyl (C=O) groups excluding carboxylic acids is 1. The summed E-state index contributed by atoms with van der Waals surface area (Å²) in [4.78, 5) is 11.8. The van der Waals surface area contributed by atoms with Crippen LogP contribution in [0.3, 0.4) is 0 Å². The predicted molar refractivity (Wildman–Crippen MR) is 71.3 cm³/mol. The van der Waals surface area contributed by atoms with E-state index in [0.29, 0.717) is 0 Å². The van der Waals surface area contributed by atoms with Crippen molar-refractivity contribution in [1.29, 1.82) is 0 Å². The smallest absolute Gasteiger partial charge is 0.351 e. The van der Waals surface area contributed by atoms with Gasteiger partial charge in [-0.1, -0.05) is 6.07 Å². The number of nitrogens with two attached hydrogens (primary N) is 1. The Morgan fingerprint density at radius 3 is 2.43 bits per heavy atom. The van der Waals surface area contributed by atoms with Gasteiger partial charge in [-0.25, -0.2) is 8.42 Å². The van der Waals surface area contributed by atoms with Gasteiger partial charge in [0.2, 0.25) is 0 Å². The Kier molecular flexibility index (Phi) is 5.18. The van der Waals surface area contributed by atoms with Crippen LogP contribution in [0.15, 0.2) is 18.2 Å². The van der Waals surface area contributed by atoms with Crippen molar-refractivity contribution in [2.24, 2.45) is 5.84 Å². The first-order chi connectivity index (χ1) is 9.56. The molecule has 10 heteroatoms. The van der Waals surface area contributed by atoms with Crippen LogP contribution in [0, 0.1) is 0 Å². The van der Waals surface area contributed by atoms with Gasteiger partial charge in [0.05, 0.1) is 22.6 Å². The van der Waals surface area contributed by atoms with Crippen LogP contribution < -0.4 is 16.6 Å². The van der Waals surface area contributed by atoms with E-state index in [2.05, 4.69) is 5.32 Å². The minimum absolute atomic E-state index is 0.210. The van der Waals surface area contributed by atoms with Gasteiger partial charge >= 0.3 is 6.18 Å². The van der Waals surface area contributed by atoms with E-state index < -0.39 is 33.2 Å². The molecular formula is C11H14F3N3O3S. The van der Waals surface area contributed by atoms with E-state index in [-0.39, 0.29) is 17.9 Å². The first-order valence-corrected chi connectivity index (χ1v) is 7.75. The molecule has 0 aliphatic carbocycles. The van der Waals surface area contributed by atoms with Gasteiger partial charge in [-0.15, -0.1) is 0 Å². The molecule has 0 fully saturated rings. The highest BCUT2D eigenvalue weighted by atomic mass is 32.2. The molecule has 0 heterocycles. The minimum atomic E-state index is -4.68. The maximum Gasteiger partial charge on any atom is 0.418 e. The fourth-order valence-electron chi connectivity index (χ4n) is 1.58. The summed E-state index contributed by atoms with van der Waals surface area (Å²) >= 11 is 0. The van der Waals surface area contributed by atoms with Crippen LogP contribution in [0.25, 0.3) is 0 Å². The zero-order chi connectivity index (χ0) is 16.3. The number of carbonyl (C=O) groups is 1. The Bertz CT molecular complexity index is 629. The second-order valence-electron chi connectivity index (χ2n) is 4.26. The number of benzene rings is 1. The summed E-state index contributed by atoms with van der Waals surface area (Å²) in [6, 6.07) is 3.00. The molecule has 0 aromatic heterocycles. The lowest BCUT2D eigenvalue weighted by molar-refractivity contribution is -0.137. The van der Waals surface area contributed by atoms with Crippen LogP contribution in [0.2, 0.25) is 0 Å². The van der Waals surface area contributed by atoms with Crippen molar-refractivity contribution in [3.05, 3.63) is 29.3 Å². The number of halogens is 3. The van der Waals surface area contributed by atoms with Crippen molar-refractivity contribution in [3.63, 3.8) is 0 Å². The molecule has 0 saturated carbocycles. The summed E-state index contributed by atoms with van der Waals surface area (Å²) in [7, 11) is -3.28. The summed E-state index contributed by atoms with van der Waals surface area (Å²) in [6.07, 6.45) is -3.69. The second-order valence-corrected chi connectivity index (χ2v) is 6.52. The number of rotatable bonds is 5. The summed E-state index contributed by atoms with van der Waals surface area (Å²) in [6.45, 7) is -0.210. The van der Waals surface area contributed by atoms with Gasteiger partial charge in [0, 0.05) is 12.8 Å². The molecular weight excluding hydrogens is 311 g/mol. The highest BCUT2D eigenvalue weighted by Gasteiger charge is 2.35. The van der Waals surface area contributed by atoms with Crippen LogP contribution >= 0.6 is 0 Å². The van der Waals surface area contributed by atoms with E-state index in [1.807, 2.05) is 5.43 Å². The first-order valence-electron chi connectivity index (χ1n) is 5.69. The van der Waals surface area contributed by atoms with E-state index in [1.165, 1.54) is 0 Å². The van der Waals surface area contributed by atoms with E-state index in [9.17, 15) is 26.4 Å². The molecule has 0 aliphatic heterocycles. The standard InChI is InChI=1S/C11H14F3N3O3S/c1-21(19,20)6-5-16-10(18)7-3-2-4-8(9(7)17-15)11(12,13)14/h2-4,17H,5-6,15H2,1H3,(H,16,18). The monoisotopic (exact) mass is 325 g/mol. The Hall–Kier alpha value is -1.81. The molecule has 0 radical (unpaired) electrons. The average molecular weight is 325 g/mol. The summed E-state index contributed by atoms with van der Waals surface area (Å²) < 4.78 is 60.2. The molecule has 0 saturated heterocycles. The third kappa shape index (κ3) is 4.90. The third-order valence-electron chi connectivity index (χ3n) is 2.52. The maximum atomic E-state index is 12.8. The van der Waals surface area contributed by atoms with Crippen molar-refractivity contribution < 1.29 is 26.4 Å². The number of amides is 1. The van der Waals surface area contributed by atoms with Crippen LogP contribution in [0.1, 0.15) is 15.9 Å². The molecule has 1 rings (SSSR count). The fraction of sp³-hybridized carbons (Fsp3) is 0.364. The van der Waals surface area contributed by atoms with E-state index in [0.717, 1.165) is 24.5 Å². The van der Waals surface area contributed by atoms with Gasteiger partial charge in [0.1, 0.15) is 9.84 Å². The van der Waals surface area contributed by atoms with Gasteiger partial charge in [-0.2, -0.15) is 13.2 Å². The number of nitrogens with one attached hydrogen (secondary N) is 2. The topological polar surface area (TPSA) is 101 Å². The van der Waals surface area contributed by atoms with Crippen LogP contribution in [0.4, 0.5) is 18.9 Å². The van der Waals surface area contributed by atoms with Crippen molar-refractivity contribution >= 4 is 21.4 Å². The van der Waals surface area contributed by atoms with Crippen molar-refractivity contribution in [3.8, 4) is 0 Å². The molecule has 6 nitrogen and oxygen atoms in total. The number of para-hydroxylation sites is 1. The minimum Gasteiger partial charge on any atom is -0.351 e. The van der Waals surface area contributed by atoms with Gasteiger partial charge in [0.15, 0.2) is 0 Å². The molecule has 118 valence electrons. The highest BCUT2D eigenvalue weighted by molar-refractivity contribution is 7.90. The molecule has 1 aromatic rings. The molecule has 0 bridgehead atoms. The molecule has 0 unspecified atom stereocenters. The van der Waals surface area contributed by atoms with Gasteiger partial charge in [-0.05, 0) is 12.1 Å². The Morgan fingerprint density at radius 2 is 1.95 bits per heavy atom. The molecule has 0 spiro atoms. The summed E-state index contributed by atoms with van der Waals surface area (Å²) in [5.41, 5.74) is -0.110. The lowest BCUT2D eigenvalue weighted by Crippen LogP contribution is -2.30. The van der Waals surface area contributed by atoms with E-state index >= 15 is 0 Å². The Balaban J connectivity index is 3.00. The van der Waals surface area contributed by atoms with Crippen LogP contribution in [-0.2, 0) is 16.0 Å². The van der Waals surface area contributed by atoms with Gasteiger partial charge in [0.25, 0.3) is 5.91 Å². The number of nitrogen functional groups attached to an aromatic ring is 1. The number of hydrogen-bond donors (Lipinski definition) is 3. The predicted octanol–water partition coefficient (Wildman–Crippen LogP) is 0.765. The van der Waals surface area contributed by atoms with Crippen LogP contribution in [0.5, 0.6) is 0 Å². The number of hydrogen-bond acceptors (Lipinski definition) is 5. The average Bonchev–Trinajstić information content (AvgIpc) is 2.35. The maximum absolute atomic E-state index is 12.8. The Morgan fingerprint density at radius 1 is 1.33 bits per heavy atom. The van der Waals surface area contributed by atoms with E-state index in [1.54, 1.807) is 0 Å². The van der Waals surface area contributed by atoms with Gasteiger partial charge in [-0.3, -0.25) is 10.6 Å². The molecule has 1 aromatic carbocycles. The number of sulfone groups is 1. The molecule has 0 atom stereocenters. The quantitative estimate of drug-likeness (QED) is 0.548. The molecule has 21 heavy (non-hydrogen) atoms. The van der Waals surface area contributed by atoms with Gasteiger partial charge < -0.3 is 10.7 Å². The van der Waals surface area contributed by atoms with Crippen molar-refractivity contribution in [1.82, 2.24) is 5.32 Å². The molecule has 4 N–H and O–H groups in total. The van der Waals surface area contributed by atoms with E-state index in [4.69, 9.17) is 5.84 Å². The number of anilines is 1. The zero-order valence-corrected chi connectivity index (χ0v) is 11.8. The fourth-order valence-corrected chi connectivity index (χ4v) is 2.05. The molecule has 1 amide bonds. The highest BCUT2D eigenvalue weighted by Crippen LogP contribution is 2.36. The van der Waals surface area contributed by atoms with Crippen molar-refractivity contribution in [2.45, 2.75) is 6.18 Å². The Labute approximate surface area is 119 Å². The normalized spacial score (nSPS) is 12.0. The van der Waals surface area contributed by atoms with Crippen molar-refractivity contribution in [2.75, 3.05) is 24.0 Å². The largest absolute Gasteiger partial charge is 0.418 e. The first kappa shape index (κ1) is 17.2. The SMILES string of the molecule is CS(=O)(=O)CCNC(=O)c1cccc(C(F)(F)F)c1NN. The molecule has 0 aliphatic rings. The lowest BCUT2D eigenvalue weighted by Gasteiger charge is -2.15. The number of alkyl halides is 3. The third-order valence-corrected chi connectivity index (χ3v) is 3.46. The van der Waals surface area contributed by atoms with Crippen LogP contribution in [-0.4, -0.2) is 32.9 Å². The zero-order valence-electron chi connectivity index (χ0n) is 11.0. The lowest BCUT2D eigenvalue weighted by atomic mass is 10.1. The second kappa shape index (κ2) is 6.31.